The van der Waals surface area contributed by atoms with Gasteiger partial charge in [-0.05, 0) is 29.8 Å². The summed E-state index contributed by atoms with van der Waals surface area (Å²) >= 11 is 7.32. The zero-order valence-corrected chi connectivity index (χ0v) is 17.2. The van der Waals surface area contributed by atoms with Crippen molar-refractivity contribution in [3.8, 4) is 16.3 Å². The van der Waals surface area contributed by atoms with Gasteiger partial charge in [-0.15, -0.1) is 10.2 Å². The van der Waals surface area contributed by atoms with E-state index in [0.717, 1.165) is 33.3 Å². The zero-order valence-electron chi connectivity index (χ0n) is 15.6. The summed E-state index contributed by atoms with van der Waals surface area (Å²) in [6.07, 6.45) is 0.782. The van der Waals surface area contributed by atoms with Gasteiger partial charge in [-0.1, -0.05) is 54.1 Å². The van der Waals surface area contributed by atoms with Crippen molar-refractivity contribution in [1.82, 2.24) is 25.1 Å². The molecule has 1 N–H and O–H groups in total. The molecular weight excluding hydrogens is 410 g/mol. The van der Waals surface area contributed by atoms with E-state index in [-0.39, 0.29) is 12.5 Å². The number of aryl methyl sites for hydroxylation is 1. The second-order valence-corrected chi connectivity index (χ2v) is 7.68. The highest BCUT2D eigenvalue weighted by molar-refractivity contribution is 7.19. The van der Waals surface area contributed by atoms with E-state index in [1.54, 1.807) is 28.8 Å². The summed E-state index contributed by atoms with van der Waals surface area (Å²) in [5, 5.41) is 17.2. The number of carbonyl (C=O) groups excluding carboxylic acids is 1. The normalized spacial score (nSPS) is 11.0. The van der Waals surface area contributed by atoms with Gasteiger partial charge >= 0.3 is 0 Å². The Hall–Kier alpha value is -2.97. The molecule has 4 rings (SSSR count). The maximum atomic E-state index is 12.0. The van der Waals surface area contributed by atoms with Gasteiger partial charge in [-0.2, -0.15) is 9.61 Å². The fourth-order valence-corrected chi connectivity index (χ4v) is 3.68. The van der Waals surface area contributed by atoms with Crippen LogP contribution in [0.15, 0.2) is 48.5 Å². The van der Waals surface area contributed by atoms with E-state index < -0.39 is 0 Å². The van der Waals surface area contributed by atoms with Crippen molar-refractivity contribution in [2.45, 2.75) is 19.9 Å². The number of rotatable bonds is 7. The molecule has 29 heavy (non-hydrogen) atoms. The van der Waals surface area contributed by atoms with Gasteiger partial charge in [0.1, 0.15) is 10.8 Å². The van der Waals surface area contributed by atoms with E-state index in [1.807, 2.05) is 31.2 Å². The largest absolute Gasteiger partial charge is 0.484 e. The number of nitrogens with one attached hydrogen (secondary N) is 1. The molecule has 7 nitrogen and oxygen atoms in total. The second-order valence-electron chi connectivity index (χ2n) is 6.29. The number of fused-ring (bicyclic) bond motifs is 1. The van der Waals surface area contributed by atoms with Crippen molar-refractivity contribution in [3.63, 3.8) is 0 Å². The lowest BCUT2D eigenvalue weighted by molar-refractivity contribution is -0.123. The maximum Gasteiger partial charge on any atom is 0.258 e. The first-order chi connectivity index (χ1) is 14.1. The van der Waals surface area contributed by atoms with Gasteiger partial charge < -0.3 is 10.1 Å². The van der Waals surface area contributed by atoms with Gasteiger partial charge in [0.2, 0.25) is 4.96 Å². The molecule has 0 fully saturated rings. The van der Waals surface area contributed by atoms with Crippen molar-refractivity contribution >= 4 is 33.8 Å². The van der Waals surface area contributed by atoms with Gasteiger partial charge in [0.05, 0.1) is 0 Å². The molecule has 0 aliphatic heterocycles. The molecular formula is C20H18ClN5O2S. The molecule has 0 aliphatic rings. The molecule has 2 heterocycles. The summed E-state index contributed by atoms with van der Waals surface area (Å²) < 4.78 is 7.22. The Morgan fingerprint density at radius 1 is 1.14 bits per heavy atom. The van der Waals surface area contributed by atoms with E-state index in [2.05, 4.69) is 20.6 Å². The standard InChI is InChI=1S/C20H18ClN5O2S/c1-2-17-23-24-20-26(17)25-19(29-20)14-5-3-13(4-6-14)11-22-18(27)12-28-16-9-7-15(21)8-10-16/h3-10H,2,11-12H2,1H3,(H,22,27). The van der Waals surface area contributed by atoms with E-state index in [0.29, 0.717) is 17.3 Å². The third-order valence-corrected chi connectivity index (χ3v) is 5.45. The summed E-state index contributed by atoms with van der Waals surface area (Å²) in [7, 11) is 0. The number of benzene rings is 2. The molecule has 1 amide bonds. The minimum atomic E-state index is -0.190. The number of halogens is 1. The molecule has 0 radical (unpaired) electrons. The number of nitrogens with zero attached hydrogens (tertiary/aromatic N) is 4. The topological polar surface area (TPSA) is 81.4 Å². The van der Waals surface area contributed by atoms with Crippen LogP contribution in [0.25, 0.3) is 15.5 Å². The summed E-state index contributed by atoms with van der Waals surface area (Å²) in [6.45, 7) is 2.40. The van der Waals surface area contributed by atoms with Gasteiger partial charge in [-0.3, -0.25) is 4.79 Å². The predicted octanol–water partition coefficient (Wildman–Crippen LogP) is 3.76. The molecule has 2 aromatic carbocycles. The third-order valence-electron chi connectivity index (χ3n) is 4.25. The molecule has 148 valence electrons. The molecule has 2 aromatic heterocycles. The lowest BCUT2D eigenvalue weighted by Crippen LogP contribution is -2.28. The van der Waals surface area contributed by atoms with Crippen LogP contribution >= 0.6 is 22.9 Å². The average Bonchev–Trinajstić information content (AvgIpc) is 3.33. The van der Waals surface area contributed by atoms with Crippen LogP contribution in [0.2, 0.25) is 5.02 Å². The van der Waals surface area contributed by atoms with Crippen molar-refractivity contribution in [2.24, 2.45) is 0 Å². The molecule has 9 heteroatoms. The van der Waals surface area contributed by atoms with Crippen molar-refractivity contribution in [1.29, 1.82) is 0 Å². The highest BCUT2D eigenvalue weighted by atomic mass is 35.5. The monoisotopic (exact) mass is 427 g/mol. The number of hydrogen-bond acceptors (Lipinski definition) is 6. The van der Waals surface area contributed by atoms with E-state index in [9.17, 15) is 4.79 Å². The van der Waals surface area contributed by atoms with E-state index in [4.69, 9.17) is 16.3 Å². The fraction of sp³-hybridized carbons (Fsp3) is 0.200. The Morgan fingerprint density at radius 3 is 2.62 bits per heavy atom. The van der Waals surface area contributed by atoms with Crippen LogP contribution in [0.1, 0.15) is 18.3 Å². The lowest BCUT2D eigenvalue weighted by Gasteiger charge is -2.08. The molecule has 0 bridgehead atoms. The first-order valence-corrected chi connectivity index (χ1v) is 10.3. The third kappa shape index (κ3) is 4.55. The average molecular weight is 428 g/mol. The molecule has 4 aromatic rings. The van der Waals surface area contributed by atoms with Crippen molar-refractivity contribution < 1.29 is 9.53 Å². The number of aromatic nitrogens is 4. The van der Waals surface area contributed by atoms with Crippen LogP contribution in [0.4, 0.5) is 0 Å². The van der Waals surface area contributed by atoms with Crippen LogP contribution in [-0.2, 0) is 17.8 Å². The van der Waals surface area contributed by atoms with Crippen LogP contribution in [-0.4, -0.2) is 32.3 Å². The molecule has 0 atom stereocenters. The summed E-state index contributed by atoms with van der Waals surface area (Å²) in [4.78, 5) is 12.8. The van der Waals surface area contributed by atoms with Crippen molar-refractivity contribution in [3.05, 3.63) is 64.9 Å². The first-order valence-electron chi connectivity index (χ1n) is 9.08. The number of ether oxygens (including phenoxy) is 1. The first kappa shape index (κ1) is 19.4. The summed E-state index contributed by atoms with van der Waals surface area (Å²) in [5.74, 6) is 1.26. The van der Waals surface area contributed by atoms with Gasteiger partial charge in [-0.25, -0.2) is 0 Å². The van der Waals surface area contributed by atoms with Gasteiger partial charge in [0.15, 0.2) is 12.4 Å². The molecule has 0 spiro atoms. The lowest BCUT2D eigenvalue weighted by atomic mass is 10.1. The highest BCUT2D eigenvalue weighted by Gasteiger charge is 2.12. The van der Waals surface area contributed by atoms with Crippen LogP contribution in [0.5, 0.6) is 5.75 Å². The van der Waals surface area contributed by atoms with E-state index >= 15 is 0 Å². The SMILES string of the molecule is CCc1nnc2sc(-c3ccc(CNC(=O)COc4ccc(Cl)cc4)cc3)nn12. The van der Waals surface area contributed by atoms with E-state index in [1.165, 1.54) is 11.3 Å². The minimum Gasteiger partial charge on any atom is -0.484 e. The second kappa shape index (κ2) is 8.59. The smallest absolute Gasteiger partial charge is 0.258 e. The maximum absolute atomic E-state index is 12.0. The van der Waals surface area contributed by atoms with Crippen molar-refractivity contribution in [2.75, 3.05) is 6.61 Å². The Bertz CT molecular complexity index is 1120. The Kier molecular flexibility index (Phi) is 5.73. The molecule has 0 unspecified atom stereocenters. The Labute approximate surface area is 176 Å². The van der Waals surface area contributed by atoms with Crippen LogP contribution in [0, 0.1) is 0 Å². The zero-order chi connectivity index (χ0) is 20.2. The Morgan fingerprint density at radius 2 is 1.90 bits per heavy atom. The summed E-state index contributed by atoms with van der Waals surface area (Å²) in [6, 6.07) is 14.8. The molecule has 0 aliphatic carbocycles. The number of hydrogen-bond donors (Lipinski definition) is 1. The van der Waals surface area contributed by atoms with Gasteiger partial charge in [0.25, 0.3) is 5.91 Å². The molecule has 0 saturated carbocycles. The predicted molar refractivity (Wildman–Crippen MR) is 112 cm³/mol. The number of amides is 1. The van der Waals surface area contributed by atoms with Crippen LogP contribution in [0.3, 0.4) is 0 Å². The minimum absolute atomic E-state index is 0.0492. The molecule has 0 saturated heterocycles. The fourth-order valence-electron chi connectivity index (χ4n) is 2.69. The van der Waals surface area contributed by atoms with Crippen LogP contribution < -0.4 is 10.1 Å². The quantitative estimate of drug-likeness (QED) is 0.485. The number of carbonyl (C=O) groups is 1. The Balaban J connectivity index is 1.32. The summed E-state index contributed by atoms with van der Waals surface area (Å²) in [5.41, 5.74) is 1.99. The van der Waals surface area contributed by atoms with Gasteiger partial charge in [0, 0.05) is 23.6 Å². The highest BCUT2D eigenvalue weighted by Crippen LogP contribution is 2.25.